The van der Waals surface area contributed by atoms with Gasteiger partial charge in [0.2, 0.25) is 5.60 Å². The van der Waals surface area contributed by atoms with Gasteiger partial charge in [-0.15, -0.1) is 0 Å². The Morgan fingerprint density at radius 2 is 1.89 bits per heavy atom. The predicted octanol–water partition coefficient (Wildman–Crippen LogP) is 1.95. The highest BCUT2D eigenvalue weighted by atomic mass is 16.7. The lowest BCUT2D eigenvalue weighted by molar-refractivity contribution is -0.201. The number of esters is 2. The Morgan fingerprint density at radius 3 is 2.56 bits per heavy atom. The molecule has 2 atom stereocenters. The summed E-state index contributed by atoms with van der Waals surface area (Å²) < 4.78 is 10.1. The van der Waals surface area contributed by atoms with Crippen LogP contribution >= 0.6 is 0 Å². The van der Waals surface area contributed by atoms with Crippen LogP contribution < -0.4 is 0 Å². The zero-order valence-electron chi connectivity index (χ0n) is 10.3. The van der Waals surface area contributed by atoms with Gasteiger partial charge < -0.3 is 9.47 Å². The Morgan fingerprint density at radius 1 is 1.22 bits per heavy atom. The highest BCUT2D eigenvalue weighted by Crippen LogP contribution is 2.23. The Bertz CT molecular complexity index is 492. The van der Waals surface area contributed by atoms with Crippen molar-refractivity contribution < 1.29 is 19.1 Å². The molecule has 4 heteroatoms. The highest BCUT2D eigenvalue weighted by molar-refractivity contribution is 5.92. The van der Waals surface area contributed by atoms with E-state index in [1.54, 1.807) is 6.08 Å². The SMILES string of the molecule is CC1OC(=O)C(C)(C=Cc2ccccc2)OC1=O. The third-order valence-corrected chi connectivity index (χ3v) is 2.73. The molecule has 0 aliphatic carbocycles. The van der Waals surface area contributed by atoms with Crippen LogP contribution in [0.3, 0.4) is 0 Å². The van der Waals surface area contributed by atoms with Gasteiger partial charge in [0.25, 0.3) is 0 Å². The molecular weight excluding hydrogens is 232 g/mol. The summed E-state index contributed by atoms with van der Waals surface area (Å²) in [5, 5.41) is 0. The molecule has 2 unspecified atom stereocenters. The fourth-order valence-electron chi connectivity index (χ4n) is 1.58. The largest absolute Gasteiger partial charge is 0.447 e. The first-order valence-electron chi connectivity index (χ1n) is 5.69. The second kappa shape index (κ2) is 4.64. The first-order chi connectivity index (χ1) is 8.51. The average Bonchev–Trinajstić information content (AvgIpc) is 2.36. The molecule has 1 aromatic carbocycles. The van der Waals surface area contributed by atoms with Gasteiger partial charge in [0.15, 0.2) is 6.10 Å². The van der Waals surface area contributed by atoms with Gasteiger partial charge in [-0.3, -0.25) is 0 Å². The highest BCUT2D eigenvalue weighted by Gasteiger charge is 2.44. The van der Waals surface area contributed by atoms with E-state index in [4.69, 9.17) is 9.47 Å². The Labute approximate surface area is 105 Å². The second-order valence-electron chi connectivity index (χ2n) is 4.32. The smallest absolute Gasteiger partial charge is 0.355 e. The second-order valence-corrected chi connectivity index (χ2v) is 4.32. The van der Waals surface area contributed by atoms with E-state index in [0.717, 1.165) is 5.56 Å². The van der Waals surface area contributed by atoms with Gasteiger partial charge in [0, 0.05) is 0 Å². The van der Waals surface area contributed by atoms with Crippen molar-refractivity contribution in [2.45, 2.75) is 25.6 Å². The molecule has 0 saturated carbocycles. The molecule has 0 spiro atoms. The summed E-state index contributed by atoms with van der Waals surface area (Å²) in [6.07, 6.45) is 2.43. The topological polar surface area (TPSA) is 52.6 Å². The van der Waals surface area contributed by atoms with Crippen LogP contribution in [-0.4, -0.2) is 23.6 Å². The number of cyclic esters (lactones) is 2. The van der Waals surface area contributed by atoms with Crippen molar-refractivity contribution in [2.75, 3.05) is 0 Å². The number of benzene rings is 1. The first kappa shape index (κ1) is 12.4. The molecule has 0 aromatic heterocycles. The number of ether oxygens (including phenoxy) is 2. The maximum Gasteiger partial charge on any atom is 0.355 e. The maximum atomic E-state index is 11.7. The quantitative estimate of drug-likeness (QED) is 0.748. The van der Waals surface area contributed by atoms with E-state index >= 15 is 0 Å². The van der Waals surface area contributed by atoms with E-state index in [2.05, 4.69) is 0 Å². The van der Waals surface area contributed by atoms with Gasteiger partial charge in [0.05, 0.1) is 0 Å². The van der Waals surface area contributed by atoms with Crippen LogP contribution in [-0.2, 0) is 19.1 Å². The number of hydrogen-bond acceptors (Lipinski definition) is 4. The summed E-state index contributed by atoms with van der Waals surface area (Å²) >= 11 is 0. The summed E-state index contributed by atoms with van der Waals surface area (Å²) in [6, 6.07) is 9.44. The molecule has 1 aliphatic rings. The lowest BCUT2D eigenvalue weighted by Gasteiger charge is -2.31. The fourth-order valence-corrected chi connectivity index (χ4v) is 1.58. The van der Waals surface area contributed by atoms with Crippen molar-refractivity contribution >= 4 is 18.0 Å². The molecule has 4 nitrogen and oxygen atoms in total. The van der Waals surface area contributed by atoms with Crippen LogP contribution in [0.2, 0.25) is 0 Å². The van der Waals surface area contributed by atoms with Crippen LogP contribution in [0.15, 0.2) is 36.4 Å². The molecule has 1 saturated heterocycles. The van der Waals surface area contributed by atoms with Crippen LogP contribution in [0.1, 0.15) is 19.4 Å². The summed E-state index contributed by atoms with van der Waals surface area (Å²) in [5.74, 6) is -1.09. The minimum absolute atomic E-state index is 0.533. The van der Waals surface area contributed by atoms with Gasteiger partial charge in [0.1, 0.15) is 0 Å². The monoisotopic (exact) mass is 246 g/mol. The van der Waals surface area contributed by atoms with E-state index in [1.807, 2.05) is 30.3 Å². The van der Waals surface area contributed by atoms with Crippen molar-refractivity contribution in [3.63, 3.8) is 0 Å². The van der Waals surface area contributed by atoms with Crippen molar-refractivity contribution in [1.29, 1.82) is 0 Å². The summed E-state index contributed by atoms with van der Waals surface area (Å²) in [4.78, 5) is 23.2. The van der Waals surface area contributed by atoms with Crippen molar-refractivity contribution in [1.82, 2.24) is 0 Å². The molecule has 18 heavy (non-hydrogen) atoms. The lowest BCUT2D eigenvalue weighted by atomic mass is 10.0. The zero-order valence-corrected chi connectivity index (χ0v) is 10.3. The minimum Gasteiger partial charge on any atom is -0.447 e. The van der Waals surface area contributed by atoms with E-state index < -0.39 is 23.6 Å². The standard InChI is InChI=1S/C14H14O4/c1-10-12(15)18-14(2,13(16)17-10)9-8-11-6-4-3-5-7-11/h3-10H,1-2H3. The van der Waals surface area contributed by atoms with Crippen molar-refractivity contribution in [2.24, 2.45) is 0 Å². The number of hydrogen-bond donors (Lipinski definition) is 0. The van der Waals surface area contributed by atoms with Gasteiger partial charge in [-0.2, -0.15) is 0 Å². The molecule has 1 heterocycles. The third-order valence-electron chi connectivity index (χ3n) is 2.73. The van der Waals surface area contributed by atoms with Crippen LogP contribution in [0.4, 0.5) is 0 Å². The molecule has 0 amide bonds. The van der Waals surface area contributed by atoms with E-state index in [9.17, 15) is 9.59 Å². The number of rotatable bonds is 2. The van der Waals surface area contributed by atoms with Gasteiger partial charge in [-0.05, 0) is 25.5 Å². The molecule has 0 bridgehead atoms. The van der Waals surface area contributed by atoms with E-state index in [-0.39, 0.29) is 0 Å². The Kier molecular flexibility index (Phi) is 3.19. The van der Waals surface area contributed by atoms with Crippen molar-refractivity contribution in [3.8, 4) is 0 Å². The molecule has 1 fully saturated rings. The summed E-state index contributed by atoms with van der Waals surface area (Å²) in [6.45, 7) is 3.00. The fraction of sp³-hybridized carbons (Fsp3) is 0.286. The molecular formula is C14H14O4. The third kappa shape index (κ3) is 2.42. The van der Waals surface area contributed by atoms with Crippen LogP contribution in [0.25, 0.3) is 6.08 Å². The van der Waals surface area contributed by atoms with Crippen LogP contribution in [0, 0.1) is 0 Å². The van der Waals surface area contributed by atoms with Gasteiger partial charge in [-0.25, -0.2) is 9.59 Å². The Balaban J connectivity index is 2.19. The average molecular weight is 246 g/mol. The lowest BCUT2D eigenvalue weighted by Crippen LogP contribution is -2.49. The molecule has 0 radical (unpaired) electrons. The maximum absolute atomic E-state index is 11.7. The van der Waals surface area contributed by atoms with E-state index in [1.165, 1.54) is 19.9 Å². The van der Waals surface area contributed by atoms with Crippen LogP contribution in [0.5, 0.6) is 0 Å². The number of carbonyl (C=O) groups excluding carboxylic acids is 2. The predicted molar refractivity (Wildman–Crippen MR) is 65.5 cm³/mol. The minimum atomic E-state index is -1.35. The molecule has 1 aliphatic heterocycles. The van der Waals surface area contributed by atoms with Gasteiger partial charge >= 0.3 is 11.9 Å². The first-order valence-corrected chi connectivity index (χ1v) is 5.69. The van der Waals surface area contributed by atoms with Gasteiger partial charge in [-0.1, -0.05) is 36.4 Å². The molecule has 2 rings (SSSR count). The normalized spacial score (nSPS) is 28.0. The number of carbonyl (C=O) groups is 2. The van der Waals surface area contributed by atoms with E-state index in [0.29, 0.717) is 0 Å². The Hall–Kier alpha value is -2.10. The zero-order chi connectivity index (χ0) is 13.2. The molecule has 0 N–H and O–H groups in total. The molecule has 94 valence electrons. The van der Waals surface area contributed by atoms with Crippen molar-refractivity contribution in [3.05, 3.63) is 42.0 Å². The summed E-state index contributed by atoms with van der Waals surface area (Å²) in [7, 11) is 0. The molecule has 1 aromatic rings. The summed E-state index contributed by atoms with van der Waals surface area (Å²) in [5.41, 5.74) is -0.430.